The number of rotatable bonds is 4. The molecule has 9 aromatic carbocycles. The Morgan fingerprint density at radius 2 is 0.746 bits per heavy atom. The molecule has 0 radical (unpaired) electrons. The minimum Gasteiger partial charge on any atom is -0.456 e. The zero-order valence-electron chi connectivity index (χ0n) is 31.3. The van der Waals surface area contributed by atoms with Gasteiger partial charge in [-0.05, 0) is 63.0 Å². The third-order valence-electron chi connectivity index (χ3n) is 11.8. The highest BCUT2D eigenvalue weighted by molar-refractivity contribution is 6.17. The number of hydrogen-bond donors (Lipinski definition) is 0. The quantitative estimate of drug-likeness (QED) is 0.178. The number of fused-ring (bicyclic) bond motifs is 11. The molecule has 59 heavy (non-hydrogen) atoms. The molecule has 0 unspecified atom stereocenters. The maximum atomic E-state index is 6.74. The molecule has 0 saturated heterocycles. The lowest BCUT2D eigenvalue weighted by Crippen LogP contribution is -2.01. The third kappa shape index (κ3) is 4.77. The molecule has 4 aromatic heterocycles. The van der Waals surface area contributed by atoms with E-state index in [0.717, 1.165) is 93.3 Å². The Balaban J connectivity index is 1.08. The van der Waals surface area contributed by atoms with Gasteiger partial charge in [0.1, 0.15) is 33.5 Å². The lowest BCUT2D eigenvalue weighted by Gasteiger charge is -2.14. The van der Waals surface area contributed by atoms with Crippen LogP contribution in [0.1, 0.15) is 0 Å². The topological polar surface area (TPSA) is 78.1 Å². The fourth-order valence-electron chi connectivity index (χ4n) is 9.09. The highest BCUT2D eigenvalue weighted by Crippen LogP contribution is 2.42. The van der Waals surface area contributed by atoms with Gasteiger partial charge in [-0.3, -0.25) is 0 Å². The van der Waals surface area contributed by atoms with Crippen LogP contribution < -0.4 is 0 Å². The van der Waals surface area contributed by atoms with Crippen LogP contribution in [0.25, 0.3) is 133 Å². The summed E-state index contributed by atoms with van der Waals surface area (Å²) in [4.78, 5) is 15.9. The van der Waals surface area contributed by atoms with Gasteiger partial charge >= 0.3 is 0 Å². The van der Waals surface area contributed by atoms with E-state index in [2.05, 4.69) is 109 Å². The Morgan fingerprint density at radius 3 is 1.58 bits per heavy atom. The first-order valence-corrected chi connectivity index (χ1v) is 19.7. The summed E-state index contributed by atoms with van der Waals surface area (Å²) in [6.45, 7) is 0. The van der Waals surface area contributed by atoms with E-state index in [-0.39, 0.29) is 0 Å². The summed E-state index contributed by atoms with van der Waals surface area (Å²) < 4.78 is 19.3. The Kier molecular flexibility index (Phi) is 6.63. The number of para-hydroxylation sites is 3. The van der Waals surface area contributed by atoms with E-state index in [4.69, 9.17) is 28.2 Å². The summed E-state index contributed by atoms with van der Waals surface area (Å²) >= 11 is 0. The summed E-state index contributed by atoms with van der Waals surface area (Å²) in [5.41, 5.74) is 9.51. The monoisotopic (exact) mass is 755 g/mol. The minimum absolute atomic E-state index is 0.510. The Bertz CT molecular complexity index is 3870. The zero-order chi connectivity index (χ0) is 38.6. The first kappa shape index (κ1) is 32.0. The van der Waals surface area contributed by atoms with E-state index in [1.807, 2.05) is 66.7 Å². The van der Waals surface area contributed by atoms with Crippen LogP contribution in [0.15, 0.2) is 189 Å². The summed E-state index contributed by atoms with van der Waals surface area (Å²) in [7, 11) is 0. The van der Waals surface area contributed by atoms with Crippen molar-refractivity contribution in [3.05, 3.63) is 176 Å². The van der Waals surface area contributed by atoms with E-state index < -0.39 is 0 Å². The van der Waals surface area contributed by atoms with E-state index in [1.54, 1.807) is 0 Å². The molecule has 0 aliphatic heterocycles. The SMILES string of the molecule is c1ccc2c(-c3cccc4c(-c5nc(-c6cccc7c6oc6cc8oc9ccccc9c8cc67)nc(-c6cccc7oc8ccccc8c67)n5)cccc34)cccc2c1. The molecular weight excluding hydrogens is 727 g/mol. The van der Waals surface area contributed by atoms with E-state index in [0.29, 0.717) is 23.1 Å². The van der Waals surface area contributed by atoms with Crippen molar-refractivity contribution in [2.24, 2.45) is 0 Å². The van der Waals surface area contributed by atoms with Gasteiger partial charge in [0, 0.05) is 49.5 Å². The van der Waals surface area contributed by atoms with Crippen LogP contribution in [0.2, 0.25) is 0 Å². The second kappa shape index (κ2) is 12.2. The number of aromatic nitrogens is 3. The van der Waals surface area contributed by atoms with Gasteiger partial charge in [-0.2, -0.15) is 0 Å². The van der Waals surface area contributed by atoms with Crippen LogP contribution in [0.5, 0.6) is 0 Å². The van der Waals surface area contributed by atoms with Crippen molar-refractivity contribution in [3.63, 3.8) is 0 Å². The van der Waals surface area contributed by atoms with Crippen LogP contribution in [0, 0.1) is 0 Å². The van der Waals surface area contributed by atoms with Gasteiger partial charge in [-0.25, -0.2) is 15.0 Å². The van der Waals surface area contributed by atoms with E-state index >= 15 is 0 Å². The van der Waals surface area contributed by atoms with Crippen molar-refractivity contribution in [3.8, 4) is 45.3 Å². The molecule has 13 aromatic rings. The van der Waals surface area contributed by atoms with Gasteiger partial charge < -0.3 is 13.3 Å². The second-order valence-electron chi connectivity index (χ2n) is 15.0. The smallest absolute Gasteiger partial charge is 0.167 e. The highest BCUT2D eigenvalue weighted by atomic mass is 16.3. The molecule has 0 fully saturated rings. The molecule has 13 rings (SSSR count). The molecule has 0 aliphatic carbocycles. The minimum atomic E-state index is 0.510. The molecule has 6 heteroatoms. The average molecular weight is 756 g/mol. The predicted molar refractivity (Wildman–Crippen MR) is 238 cm³/mol. The average Bonchev–Trinajstić information content (AvgIpc) is 3.98. The van der Waals surface area contributed by atoms with Crippen molar-refractivity contribution >= 4 is 87.4 Å². The van der Waals surface area contributed by atoms with Gasteiger partial charge in [0.15, 0.2) is 17.5 Å². The molecule has 0 N–H and O–H groups in total. The molecule has 274 valence electrons. The van der Waals surface area contributed by atoms with Crippen molar-refractivity contribution in [2.45, 2.75) is 0 Å². The highest BCUT2D eigenvalue weighted by Gasteiger charge is 2.22. The maximum Gasteiger partial charge on any atom is 0.167 e. The zero-order valence-corrected chi connectivity index (χ0v) is 31.3. The van der Waals surface area contributed by atoms with Crippen LogP contribution in [0.4, 0.5) is 0 Å². The van der Waals surface area contributed by atoms with Crippen LogP contribution >= 0.6 is 0 Å². The van der Waals surface area contributed by atoms with Crippen molar-refractivity contribution in [2.75, 3.05) is 0 Å². The molecular formula is C53H29N3O3. The Morgan fingerprint density at radius 1 is 0.271 bits per heavy atom. The maximum absolute atomic E-state index is 6.74. The first-order chi connectivity index (χ1) is 29.2. The molecule has 0 amide bonds. The van der Waals surface area contributed by atoms with Gasteiger partial charge in [-0.15, -0.1) is 0 Å². The largest absolute Gasteiger partial charge is 0.456 e. The molecule has 0 atom stereocenters. The standard InChI is InChI=1S/C53H29N3O3/c1-2-14-31-30(12-1)13-7-17-32(31)33-18-8-20-35-34(33)19-9-22-38(35)51-54-52(40-23-11-27-46-49(40)39-16-4-6-26-45(39)57-46)56-53(55-51)41-24-10-21-37-43-28-42-36-15-3-5-25-44(36)58-47(42)29-48(43)59-50(37)41/h1-29H. The van der Waals surface area contributed by atoms with Crippen molar-refractivity contribution in [1.82, 2.24) is 15.0 Å². The fraction of sp³-hybridized carbons (Fsp3) is 0. The number of furan rings is 3. The number of nitrogens with zero attached hydrogens (tertiary/aromatic N) is 3. The van der Waals surface area contributed by atoms with Gasteiger partial charge in [0.05, 0.1) is 5.56 Å². The summed E-state index contributed by atoms with van der Waals surface area (Å²) in [6, 6.07) is 60.5. The molecule has 0 spiro atoms. The Labute approximate surface area is 335 Å². The number of benzene rings is 9. The molecule has 0 saturated carbocycles. The van der Waals surface area contributed by atoms with Gasteiger partial charge in [0.2, 0.25) is 0 Å². The van der Waals surface area contributed by atoms with Gasteiger partial charge in [-0.1, -0.05) is 140 Å². The summed E-state index contributed by atoms with van der Waals surface area (Å²) in [5.74, 6) is 1.62. The Hall–Kier alpha value is -8.09. The normalized spacial score (nSPS) is 12.1. The molecule has 4 heterocycles. The van der Waals surface area contributed by atoms with Crippen LogP contribution in [-0.4, -0.2) is 15.0 Å². The fourth-order valence-corrected chi connectivity index (χ4v) is 9.09. The van der Waals surface area contributed by atoms with Crippen LogP contribution in [0.3, 0.4) is 0 Å². The molecule has 0 bridgehead atoms. The first-order valence-electron chi connectivity index (χ1n) is 19.7. The van der Waals surface area contributed by atoms with Crippen LogP contribution in [-0.2, 0) is 0 Å². The second-order valence-corrected chi connectivity index (χ2v) is 15.0. The lowest BCUT2D eigenvalue weighted by atomic mass is 9.92. The lowest BCUT2D eigenvalue weighted by molar-refractivity contribution is 0.656. The van der Waals surface area contributed by atoms with Crippen molar-refractivity contribution in [1.29, 1.82) is 0 Å². The summed E-state index contributed by atoms with van der Waals surface area (Å²) in [6.07, 6.45) is 0. The predicted octanol–water partition coefficient (Wildman–Crippen LogP) is 14.5. The number of hydrogen-bond acceptors (Lipinski definition) is 6. The molecule has 0 aliphatic rings. The summed E-state index contributed by atoms with van der Waals surface area (Å²) in [5, 5.41) is 10.6. The van der Waals surface area contributed by atoms with E-state index in [9.17, 15) is 0 Å². The van der Waals surface area contributed by atoms with Crippen molar-refractivity contribution < 1.29 is 13.3 Å². The van der Waals surface area contributed by atoms with Gasteiger partial charge in [0.25, 0.3) is 0 Å². The molecule has 6 nitrogen and oxygen atoms in total. The third-order valence-corrected chi connectivity index (χ3v) is 11.8. The van der Waals surface area contributed by atoms with E-state index in [1.165, 1.54) is 16.3 Å².